The monoisotopic (exact) mass is 382 g/mol. The molecule has 0 radical (unpaired) electrons. The summed E-state index contributed by atoms with van der Waals surface area (Å²) in [6, 6.07) is 2.50. The molecule has 0 bridgehead atoms. The minimum atomic E-state index is -6.72. The number of pyridine rings is 1. The van der Waals surface area contributed by atoms with E-state index in [4.69, 9.17) is 0 Å². The van der Waals surface area contributed by atoms with Crippen LogP contribution in [0.25, 0.3) is 0 Å². The van der Waals surface area contributed by atoms with Crippen molar-refractivity contribution >= 4 is 11.7 Å². The highest BCUT2D eigenvalue weighted by atomic mass is 19.4. The van der Waals surface area contributed by atoms with Crippen molar-refractivity contribution in [3.8, 4) is 0 Å². The molecule has 25 heavy (non-hydrogen) atoms. The first-order valence-corrected chi connectivity index (χ1v) is 6.25. The molecule has 0 saturated carbocycles. The number of ether oxygens (including phenoxy) is 1. The molecule has 1 saturated heterocycles. The summed E-state index contributed by atoms with van der Waals surface area (Å²) in [5, 5.41) is 1.20. The fraction of sp³-hybridized carbons (Fsp3) is 0.500. The number of nitrogens with one attached hydrogen (secondary N) is 1. The van der Waals surface area contributed by atoms with E-state index in [2.05, 4.69) is 9.72 Å². The van der Waals surface area contributed by atoms with Crippen LogP contribution < -0.4 is 5.32 Å². The van der Waals surface area contributed by atoms with Gasteiger partial charge < -0.3 is 5.32 Å². The summed E-state index contributed by atoms with van der Waals surface area (Å²) in [6.45, 7) is 1.22. The number of hydrogen-bond donors (Lipinski definition) is 1. The predicted octanol–water partition coefficient (Wildman–Crippen LogP) is 3.52. The standard InChI is InChI=1S/C12H7F9N2O2/c1-5-3-2-4-22-6(5)23-7(24)8(13,14)11(19)9(15,16)10(17,18)12(20,21)25-11/h2-4H,1H3,(H,22,23,24)/t11-/m1/s1. The van der Waals surface area contributed by atoms with E-state index < -0.39 is 41.5 Å². The molecule has 0 spiro atoms. The third-order valence-electron chi connectivity index (χ3n) is 3.36. The number of alkyl halides is 9. The smallest absolute Gasteiger partial charge is 0.305 e. The van der Waals surface area contributed by atoms with Gasteiger partial charge >= 0.3 is 35.6 Å². The van der Waals surface area contributed by atoms with Crippen molar-refractivity contribution in [2.24, 2.45) is 0 Å². The lowest BCUT2D eigenvalue weighted by Gasteiger charge is -2.31. The maximum atomic E-state index is 13.9. The van der Waals surface area contributed by atoms with Crippen LogP contribution in [0, 0.1) is 6.92 Å². The van der Waals surface area contributed by atoms with Gasteiger partial charge in [0.1, 0.15) is 5.82 Å². The molecule has 1 aliphatic heterocycles. The van der Waals surface area contributed by atoms with E-state index in [1.807, 2.05) is 0 Å². The van der Waals surface area contributed by atoms with Crippen molar-refractivity contribution < 1.29 is 49.0 Å². The summed E-state index contributed by atoms with van der Waals surface area (Å²) in [4.78, 5) is 14.8. The maximum Gasteiger partial charge on any atom is 0.428 e. The largest absolute Gasteiger partial charge is 0.428 e. The van der Waals surface area contributed by atoms with Gasteiger partial charge in [-0.2, -0.15) is 39.5 Å². The Bertz CT molecular complexity index is 710. The number of halogens is 9. The highest BCUT2D eigenvalue weighted by Crippen LogP contribution is 2.64. The first-order valence-electron chi connectivity index (χ1n) is 6.25. The Balaban J connectivity index is 2.44. The first kappa shape index (κ1) is 19.3. The zero-order chi connectivity index (χ0) is 19.5. The fourth-order valence-electron chi connectivity index (χ4n) is 1.90. The van der Waals surface area contributed by atoms with Crippen molar-refractivity contribution in [1.29, 1.82) is 0 Å². The van der Waals surface area contributed by atoms with Gasteiger partial charge in [0.15, 0.2) is 0 Å². The quantitative estimate of drug-likeness (QED) is 0.814. The van der Waals surface area contributed by atoms with Crippen LogP contribution in [-0.2, 0) is 9.53 Å². The molecule has 0 aromatic carbocycles. The van der Waals surface area contributed by atoms with Crippen LogP contribution in [0.2, 0.25) is 0 Å². The SMILES string of the molecule is Cc1cccnc1NC(=O)C(F)(F)[C@@]1(F)OC(F)(F)C(F)(F)C1(F)F. The lowest BCUT2D eigenvalue weighted by Crippen LogP contribution is -2.63. The van der Waals surface area contributed by atoms with Gasteiger partial charge in [0.25, 0.3) is 0 Å². The molecule has 1 fully saturated rings. The van der Waals surface area contributed by atoms with Crippen LogP contribution in [0.15, 0.2) is 18.3 Å². The molecule has 1 N–H and O–H groups in total. The van der Waals surface area contributed by atoms with Crippen LogP contribution in [0.1, 0.15) is 5.56 Å². The molecule has 1 atom stereocenters. The average Bonchev–Trinajstić information content (AvgIpc) is 2.57. The molecule has 1 aromatic rings. The number of aryl methyl sites for hydroxylation is 1. The van der Waals surface area contributed by atoms with Crippen molar-refractivity contribution in [2.75, 3.05) is 5.32 Å². The van der Waals surface area contributed by atoms with Gasteiger partial charge in [0.2, 0.25) is 0 Å². The van der Waals surface area contributed by atoms with Gasteiger partial charge in [-0.25, -0.2) is 4.98 Å². The zero-order valence-corrected chi connectivity index (χ0v) is 11.9. The van der Waals surface area contributed by atoms with Gasteiger partial charge in [-0.15, -0.1) is 0 Å². The Morgan fingerprint density at radius 3 is 2.12 bits per heavy atom. The second-order valence-electron chi connectivity index (χ2n) is 5.06. The maximum absolute atomic E-state index is 13.9. The molecule has 13 heteroatoms. The highest BCUT2D eigenvalue weighted by molar-refractivity contribution is 5.96. The molecule has 1 amide bonds. The molecule has 2 heterocycles. The number of hydrogen-bond acceptors (Lipinski definition) is 3. The van der Waals surface area contributed by atoms with Gasteiger partial charge in [-0.1, -0.05) is 6.07 Å². The zero-order valence-electron chi connectivity index (χ0n) is 11.9. The molecule has 1 aliphatic rings. The highest BCUT2D eigenvalue weighted by Gasteiger charge is 2.96. The number of carbonyl (C=O) groups excluding carboxylic acids is 1. The lowest BCUT2D eigenvalue weighted by molar-refractivity contribution is -0.366. The van der Waals surface area contributed by atoms with Gasteiger partial charge in [0.05, 0.1) is 0 Å². The van der Waals surface area contributed by atoms with E-state index in [-0.39, 0.29) is 5.56 Å². The number of aromatic nitrogens is 1. The van der Waals surface area contributed by atoms with E-state index in [9.17, 15) is 44.3 Å². The third-order valence-corrected chi connectivity index (χ3v) is 3.36. The number of anilines is 1. The molecular formula is C12H7F9N2O2. The number of carbonyl (C=O) groups is 1. The average molecular weight is 382 g/mol. The summed E-state index contributed by atoms with van der Waals surface area (Å²) in [5.74, 6) is -29.4. The molecule has 2 rings (SSSR count). The molecule has 0 aliphatic carbocycles. The van der Waals surface area contributed by atoms with Crippen LogP contribution in [0.3, 0.4) is 0 Å². The van der Waals surface area contributed by atoms with E-state index in [0.29, 0.717) is 0 Å². The molecule has 4 nitrogen and oxygen atoms in total. The number of nitrogens with zero attached hydrogens (tertiary/aromatic N) is 1. The van der Waals surface area contributed by atoms with Gasteiger partial charge in [-0.3, -0.25) is 9.53 Å². The summed E-state index contributed by atoms with van der Waals surface area (Å²) in [7, 11) is 0. The Morgan fingerprint density at radius 2 is 1.68 bits per heavy atom. The second kappa shape index (κ2) is 5.22. The minimum Gasteiger partial charge on any atom is -0.305 e. The van der Waals surface area contributed by atoms with Crippen molar-refractivity contribution in [1.82, 2.24) is 4.98 Å². The van der Waals surface area contributed by atoms with E-state index in [1.165, 1.54) is 24.4 Å². The van der Waals surface area contributed by atoms with E-state index >= 15 is 0 Å². The first-order chi connectivity index (χ1) is 11.1. The Labute approximate surface area is 133 Å². The normalized spacial score (nSPS) is 27.1. The minimum absolute atomic E-state index is 0.00863. The lowest BCUT2D eigenvalue weighted by atomic mass is 9.99. The molecule has 0 unspecified atom stereocenters. The van der Waals surface area contributed by atoms with E-state index in [0.717, 1.165) is 6.20 Å². The molecule has 140 valence electrons. The Hall–Kier alpha value is -2.05. The number of amides is 1. The molecule has 1 aromatic heterocycles. The van der Waals surface area contributed by atoms with Crippen molar-refractivity contribution in [3.05, 3.63) is 23.9 Å². The molecular weight excluding hydrogens is 375 g/mol. The third kappa shape index (κ3) is 2.35. The Morgan fingerprint density at radius 1 is 1.12 bits per heavy atom. The van der Waals surface area contributed by atoms with E-state index in [1.54, 1.807) is 0 Å². The summed E-state index contributed by atoms with van der Waals surface area (Å²) >= 11 is 0. The van der Waals surface area contributed by atoms with Gasteiger partial charge in [-0.05, 0) is 18.6 Å². The van der Waals surface area contributed by atoms with Crippen LogP contribution in [0.5, 0.6) is 0 Å². The van der Waals surface area contributed by atoms with Gasteiger partial charge in [0, 0.05) is 6.20 Å². The fourth-order valence-corrected chi connectivity index (χ4v) is 1.90. The Kier molecular flexibility index (Phi) is 4.03. The van der Waals surface area contributed by atoms with Crippen LogP contribution in [-0.4, -0.2) is 40.6 Å². The summed E-state index contributed by atoms with van der Waals surface area (Å²) < 4.78 is 122. The van der Waals surface area contributed by atoms with Crippen molar-refractivity contribution in [3.63, 3.8) is 0 Å². The topological polar surface area (TPSA) is 51.2 Å². The predicted molar refractivity (Wildman–Crippen MR) is 62.3 cm³/mol. The van der Waals surface area contributed by atoms with Crippen LogP contribution >= 0.6 is 0 Å². The second-order valence-corrected chi connectivity index (χ2v) is 5.06. The van der Waals surface area contributed by atoms with Crippen molar-refractivity contribution in [2.45, 2.75) is 36.7 Å². The summed E-state index contributed by atoms with van der Waals surface area (Å²) in [5.41, 5.74) is 0.00863. The summed E-state index contributed by atoms with van der Waals surface area (Å²) in [6.07, 6.45) is -5.31. The van der Waals surface area contributed by atoms with Crippen LogP contribution in [0.4, 0.5) is 45.3 Å². The number of rotatable bonds is 3.